The quantitative estimate of drug-likeness (QED) is 0.918. The van der Waals surface area contributed by atoms with Gasteiger partial charge >= 0.3 is 0 Å². The van der Waals surface area contributed by atoms with Gasteiger partial charge in [0.05, 0.1) is 6.10 Å². The lowest BCUT2D eigenvalue weighted by Crippen LogP contribution is -2.47. The minimum Gasteiger partial charge on any atom is -0.392 e. The lowest BCUT2D eigenvalue weighted by Gasteiger charge is -2.42. The minimum atomic E-state index is -0.254. The van der Waals surface area contributed by atoms with Crippen molar-refractivity contribution in [3.63, 3.8) is 0 Å². The average molecular weight is 335 g/mol. The summed E-state index contributed by atoms with van der Waals surface area (Å²) < 4.78 is 1.97. The first kappa shape index (κ1) is 16.4. The number of aromatic nitrogens is 1. The number of rotatable bonds is 2. The molecule has 2 aliphatic rings. The van der Waals surface area contributed by atoms with Crippen LogP contribution in [0, 0.1) is 18.3 Å². The normalized spacial score (nSPS) is 22.1. The van der Waals surface area contributed by atoms with Crippen molar-refractivity contribution < 1.29 is 5.11 Å². The number of aliphatic hydroxyl groups excluding tert-OH is 1. The molecule has 0 unspecified atom stereocenters. The third kappa shape index (κ3) is 2.50. The van der Waals surface area contributed by atoms with Gasteiger partial charge < -0.3 is 9.67 Å². The van der Waals surface area contributed by atoms with Gasteiger partial charge in [0.2, 0.25) is 0 Å². The predicted molar refractivity (Wildman–Crippen MR) is 97.2 cm³/mol. The number of nitrogens with zero attached hydrogens (tertiary/aromatic N) is 3. The van der Waals surface area contributed by atoms with E-state index in [-0.39, 0.29) is 11.5 Å². The number of aliphatic hydroxyl groups is 1. The van der Waals surface area contributed by atoms with Gasteiger partial charge in [-0.05, 0) is 62.0 Å². The highest BCUT2D eigenvalue weighted by molar-refractivity contribution is 5.42. The van der Waals surface area contributed by atoms with Crippen LogP contribution < -0.4 is 0 Å². The van der Waals surface area contributed by atoms with E-state index < -0.39 is 0 Å². The molecule has 2 aromatic rings. The van der Waals surface area contributed by atoms with Crippen molar-refractivity contribution in [3.05, 3.63) is 58.4 Å². The van der Waals surface area contributed by atoms with E-state index in [0.717, 1.165) is 44.6 Å². The first-order valence-corrected chi connectivity index (χ1v) is 9.09. The van der Waals surface area contributed by atoms with Crippen LogP contribution in [-0.2, 0) is 25.4 Å². The van der Waals surface area contributed by atoms with Crippen LogP contribution in [0.3, 0.4) is 0 Å². The Morgan fingerprint density at radius 2 is 2.00 bits per heavy atom. The van der Waals surface area contributed by atoms with E-state index in [0.29, 0.717) is 0 Å². The number of hydrogen-bond acceptors (Lipinski definition) is 3. The molecule has 130 valence electrons. The third-order valence-electron chi connectivity index (χ3n) is 6.50. The Morgan fingerprint density at radius 1 is 1.28 bits per heavy atom. The minimum absolute atomic E-state index is 0.0589. The van der Waals surface area contributed by atoms with Crippen molar-refractivity contribution in [1.82, 2.24) is 9.47 Å². The van der Waals surface area contributed by atoms with E-state index in [1.807, 2.05) is 17.7 Å². The van der Waals surface area contributed by atoms with Gasteiger partial charge in [0, 0.05) is 24.7 Å². The molecule has 1 N–H and O–H groups in total. The first-order chi connectivity index (χ1) is 12.0. The fraction of sp³-hybridized carbons (Fsp3) is 0.476. The van der Waals surface area contributed by atoms with Crippen molar-refractivity contribution in [2.75, 3.05) is 13.1 Å². The van der Waals surface area contributed by atoms with Crippen LogP contribution in [0.4, 0.5) is 0 Å². The molecule has 1 aromatic carbocycles. The largest absolute Gasteiger partial charge is 0.392 e. The van der Waals surface area contributed by atoms with Crippen LogP contribution in [-0.4, -0.2) is 33.8 Å². The van der Waals surface area contributed by atoms with E-state index in [2.05, 4.69) is 42.2 Å². The molecule has 0 saturated carbocycles. The molecular weight excluding hydrogens is 310 g/mol. The zero-order valence-corrected chi connectivity index (χ0v) is 15.0. The van der Waals surface area contributed by atoms with Crippen LogP contribution in [0.5, 0.6) is 0 Å². The van der Waals surface area contributed by atoms with Gasteiger partial charge in [0.25, 0.3) is 0 Å². The van der Waals surface area contributed by atoms with Gasteiger partial charge in [-0.3, -0.25) is 4.90 Å². The van der Waals surface area contributed by atoms with Crippen molar-refractivity contribution >= 4 is 0 Å². The second kappa shape index (κ2) is 6.01. The standard InChI is InChI=1S/C21H25N3O/c1-15-17(11-18(13-22)23(15)2)14-24-9-7-21(8-10-24)19-6-4-3-5-16(19)12-20(21)25/h3-6,11,20,25H,7-10,12,14H2,1-2H3/t20-/m1/s1. The highest BCUT2D eigenvalue weighted by Crippen LogP contribution is 2.46. The summed E-state index contributed by atoms with van der Waals surface area (Å²) in [5, 5.41) is 20.0. The molecule has 1 spiro atoms. The Kier molecular flexibility index (Phi) is 3.94. The fourth-order valence-electron chi connectivity index (χ4n) is 4.75. The first-order valence-electron chi connectivity index (χ1n) is 9.09. The maximum atomic E-state index is 10.8. The Morgan fingerprint density at radius 3 is 2.68 bits per heavy atom. The molecule has 4 rings (SSSR count). The zero-order chi connectivity index (χ0) is 17.6. The van der Waals surface area contributed by atoms with E-state index in [1.54, 1.807) is 0 Å². The van der Waals surface area contributed by atoms with Crippen LogP contribution in [0.25, 0.3) is 0 Å². The van der Waals surface area contributed by atoms with E-state index in [4.69, 9.17) is 0 Å². The van der Waals surface area contributed by atoms with Crippen molar-refractivity contribution in [1.29, 1.82) is 5.26 Å². The molecule has 1 aliphatic carbocycles. The number of likely N-dealkylation sites (tertiary alicyclic amines) is 1. The monoisotopic (exact) mass is 335 g/mol. The summed E-state index contributed by atoms with van der Waals surface area (Å²) in [4.78, 5) is 2.46. The summed E-state index contributed by atoms with van der Waals surface area (Å²) in [6.45, 7) is 4.94. The third-order valence-corrected chi connectivity index (χ3v) is 6.50. The van der Waals surface area contributed by atoms with Crippen molar-refractivity contribution in [2.45, 2.75) is 44.2 Å². The molecule has 4 nitrogen and oxygen atoms in total. The highest BCUT2D eigenvalue weighted by atomic mass is 16.3. The molecule has 1 atom stereocenters. The summed E-state index contributed by atoms with van der Waals surface area (Å²) in [6, 6.07) is 12.8. The maximum absolute atomic E-state index is 10.8. The van der Waals surface area contributed by atoms with E-state index in [1.165, 1.54) is 22.4 Å². The molecule has 25 heavy (non-hydrogen) atoms. The lowest BCUT2D eigenvalue weighted by atomic mass is 9.72. The lowest BCUT2D eigenvalue weighted by molar-refractivity contribution is 0.0413. The van der Waals surface area contributed by atoms with E-state index in [9.17, 15) is 10.4 Å². The Balaban J connectivity index is 1.50. The van der Waals surface area contributed by atoms with Crippen molar-refractivity contribution in [3.8, 4) is 6.07 Å². The molecular formula is C21H25N3O. The van der Waals surface area contributed by atoms with E-state index >= 15 is 0 Å². The number of piperidine rings is 1. The number of hydrogen-bond donors (Lipinski definition) is 1. The highest BCUT2D eigenvalue weighted by Gasteiger charge is 2.47. The molecule has 2 heterocycles. The van der Waals surface area contributed by atoms with Gasteiger partial charge in [-0.15, -0.1) is 0 Å². The smallest absolute Gasteiger partial charge is 0.120 e. The topological polar surface area (TPSA) is 52.2 Å². The molecule has 1 saturated heterocycles. The molecule has 1 aromatic heterocycles. The molecule has 0 radical (unpaired) electrons. The van der Waals surface area contributed by atoms with Gasteiger partial charge in [0.15, 0.2) is 0 Å². The molecule has 0 bridgehead atoms. The molecule has 0 amide bonds. The predicted octanol–water partition coefficient (Wildman–Crippen LogP) is 2.66. The van der Waals surface area contributed by atoms with Gasteiger partial charge in [-0.1, -0.05) is 24.3 Å². The SMILES string of the molecule is Cc1c(CN2CCC3(CC2)c2ccccc2C[C@H]3O)cc(C#N)n1C. The number of benzene rings is 1. The average Bonchev–Trinajstić information content (AvgIpc) is 3.06. The molecule has 1 fully saturated rings. The zero-order valence-electron chi connectivity index (χ0n) is 15.0. The van der Waals surface area contributed by atoms with Crippen LogP contribution in [0.2, 0.25) is 0 Å². The molecule has 4 heteroatoms. The van der Waals surface area contributed by atoms with Gasteiger partial charge in [0.1, 0.15) is 11.8 Å². The summed E-state index contributed by atoms with van der Waals surface area (Å²) in [5.74, 6) is 0. The number of fused-ring (bicyclic) bond motifs is 2. The van der Waals surface area contributed by atoms with Crippen molar-refractivity contribution in [2.24, 2.45) is 7.05 Å². The number of nitriles is 1. The second-order valence-electron chi connectivity index (χ2n) is 7.62. The fourth-order valence-corrected chi connectivity index (χ4v) is 4.75. The van der Waals surface area contributed by atoms with Crippen LogP contribution >= 0.6 is 0 Å². The maximum Gasteiger partial charge on any atom is 0.120 e. The second-order valence-corrected chi connectivity index (χ2v) is 7.62. The summed E-state index contributed by atoms with van der Waals surface area (Å²) in [6.07, 6.45) is 2.54. The Labute approximate surface area is 149 Å². The summed E-state index contributed by atoms with van der Waals surface area (Å²) in [5.41, 5.74) is 5.76. The van der Waals surface area contributed by atoms with Gasteiger partial charge in [-0.2, -0.15) is 5.26 Å². The summed E-state index contributed by atoms with van der Waals surface area (Å²) in [7, 11) is 1.95. The molecule has 1 aliphatic heterocycles. The Hall–Kier alpha value is -2.09. The summed E-state index contributed by atoms with van der Waals surface area (Å²) >= 11 is 0. The van der Waals surface area contributed by atoms with Crippen LogP contribution in [0.1, 0.15) is 40.9 Å². The van der Waals surface area contributed by atoms with Gasteiger partial charge in [-0.25, -0.2) is 0 Å². The Bertz CT molecular complexity index is 837. The van der Waals surface area contributed by atoms with Crippen LogP contribution in [0.15, 0.2) is 30.3 Å².